The minimum atomic E-state index is -0.768. The van der Waals surface area contributed by atoms with Crippen LogP contribution in [0.15, 0.2) is 24.3 Å². The summed E-state index contributed by atoms with van der Waals surface area (Å²) in [7, 11) is 0. The first-order chi connectivity index (χ1) is 10.4. The first kappa shape index (κ1) is 17.6. The second-order valence-corrected chi connectivity index (χ2v) is 5.07. The summed E-state index contributed by atoms with van der Waals surface area (Å²) in [5, 5.41) is 4.56. The highest BCUT2D eigenvalue weighted by atomic mass is 19.1. The first-order valence-corrected chi connectivity index (χ1v) is 6.89. The van der Waals surface area contributed by atoms with Crippen LogP contribution in [0.1, 0.15) is 30.6 Å². The minimum Gasteiger partial charge on any atom is -0.452 e. The van der Waals surface area contributed by atoms with E-state index in [9.17, 15) is 18.8 Å². The molecule has 6 nitrogen and oxygen atoms in total. The highest BCUT2D eigenvalue weighted by Crippen LogP contribution is 2.04. The van der Waals surface area contributed by atoms with Gasteiger partial charge in [0.05, 0.1) is 5.56 Å². The summed E-state index contributed by atoms with van der Waals surface area (Å²) < 4.78 is 17.4. The maximum absolute atomic E-state index is 12.7. The second kappa shape index (κ2) is 8.76. The summed E-state index contributed by atoms with van der Waals surface area (Å²) >= 11 is 0. The van der Waals surface area contributed by atoms with Crippen LogP contribution >= 0.6 is 0 Å². The molecule has 0 unspecified atom stereocenters. The number of halogens is 1. The fraction of sp³-hybridized carbons (Fsp3) is 0.400. The zero-order chi connectivity index (χ0) is 16.5. The van der Waals surface area contributed by atoms with Crippen molar-refractivity contribution in [1.29, 1.82) is 0 Å². The van der Waals surface area contributed by atoms with Gasteiger partial charge in [0.2, 0.25) is 0 Å². The average molecular weight is 310 g/mol. The van der Waals surface area contributed by atoms with Gasteiger partial charge in [-0.3, -0.25) is 10.1 Å². The van der Waals surface area contributed by atoms with Gasteiger partial charge in [0, 0.05) is 6.54 Å². The Morgan fingerprint density at radius 3 is 2.41 bits per heavy atom. The van der Waals surface area contributed by atoms with E-state index < -0.39 is 30.3 Å². The van der Waals surface area contributed by atoms with Crippen LogP contribution in [0.25, 0.3) is 0 Å². The molecule has 0 heterocycles. The number of urea groups is 1. The summed E-state index contributed by atoms with van der Waals surface area (Å²) in [4.78, 5) is 34.4. The lowest BCUT2D eigenvalue weighted by molar-refractivity contribution is -0.123. The monoisotopic (exact) mass is 310 g/mol. The summed E-state index contributed by atoms with van der Waals surface area (Å²) in [6, 6.07) is 4.07. The Morgan fingerprint density at radius 2 is 1.82 bits per heavy atom. The first-order valence-electron chi connectivity index (χ1n) is 6.89. The number of hydrogen-bond acceptors (Lipinski definition) is 4. The van der Waals surface area contributed by atoms with Crippen molar-refractivity contribution < 1.29 is 23.5 Å². The Balaban J connectivity index is 2.29. The maximum Gasteiger partial charge on any atom is 0.338 e. The molecule has 1 rings (SSSR count). The van der Waals surface area contributed by atoms with Gasteiger partial charge in [-0.1, -0.05) is 13.8 Å². The molecule has 0 aromatic heterocycles. The Morgan fingerprint density at radius 1 is 1.18 bits per heavy atom. The third kappa shape index (κ3) is 6.83. The Bertz CT molecular complexity index is 529. The van der Waals surface area contributed by atoms with Crippen molar-refractivity contribution in [3.63, 3.8) is 0 Å². The predicted octanol–water partition coefficient (Wildman–Crippen LogP) is 1.85. The van der Waals surface area contributed by atoms with Crippen LogP contribution in [0.2, 0.25) is 0 Å². The molecule has 2 N–H and O–H groups in total. The molecule has 1 aromatic carbocycles. The van der Waals surface area contributed by atoms with E-state index in [1.165, 1.54) is 12.1 Å². The summed E-state index contributed by atoms with van der Waals surface area (Å²) in [6.07, 6.45) is 0.793. The normalized spacial score (nSPS) is 10.2. The van der Waals surface area contributed by atoms with Crippen molar-refractivity contribution in [3.05, 3.63) is 35.6 Å². The van der Waals surface area contributed by atoms with Crippen molar-refractivity contribution >= 4 is 17.9 Å². The minimum absolute atomic E-state index is 0.121. The summed E-state index contributed by atoms with van der Waals surface area (Å²) in [5.41, 5.74) is 0.121. The van der Waals surface area contributed by atoms with Crippen molar-refractivity contribution in [3.8, 4) is 0 Å². The SMILES string of the molecule is CC(C)CCNC(=O)NC(=O)COC(=O)c1ccc(F)cc1. The van der Waals surface area contributed by atoms with Crippen LogP contribution in [0.5, 0.6) is 0 Å². The molecule has 0 saturated heterocycles. The van der Waals surface area contributed by atoms with Gasteiger partial charge in [-0.05, 0) is 36.6 Å². The van der Waals surface area contributed by atoms with Crippen molar-refractivity contribution in [2.45, 2.75) is 20.3 Å². The molecule has 0 aliphatic heterocycles. The predicted molar refractivity (Wildman–Crippen MR) is 77.7 cm³/mol. The van der Waals surface area contributed by atoms with E-state index in [0.717, 1.165) is 18.6 Å². The molecule has 22 heavy (non-hydrogen) atoms. The molecule has 120 valence electrons. The van der Waals surface area contributed by atoms with E-state index in [0.29, 0.717) is 12.5 Å². The number of nitrogens with one attached hydrogen (secondary N) is 2. The number of imide groups is 1. The standard InChI is InChI=1S/C15H19FN2O4/c1-10(2)7-8-17-15(21)18-13(19)9-22-14(20)11-3-5-12(16)6-4-11/h3-6,10H,7-9H2,1-2H3,(H2,17,18,19,21). The quantitative estimate of drug-likeness (QED) is 0.785. The smallest absolute Gasteiger partial charge is 0.338 e. The van der Waals surface area contributed by atoms with Gasteiger partial charge in [-0.25, -0.2) is 14.0 Å². The van der Waals surface area contributed by atoms with E-state index in [1.807, 2.05) is 19.2 Å². The van der Waals surface area contributed by atoms with Crippen LogP contribution in [0, 0.1) is 11.7 Å². The van der Waals surface area contributed by atoms with E-state index in [-0.39, 0.29) is 5.56 Å². The lowest BCUT2D eigenvalue weighted by atomic mass is 10.1. The van der Waals surface area contributed by atoms with Crippen LogP contribution in [0.4, 0.5) is 9.18 Å². The summed E-state index contributed by atoms with van der Waals surface area (Å²) in [5.74, 6) is -1.55. The molecule has 1 aromatic rings. The lowest BCUT2D eigenvalue weighted by Crippen LogP contribution is -2.41. The van der Waals surface area contributed by atoms with Crippen molar-refractivity contribution in [2.75, 3.05) is 13.2 Å². The number of carbonyl (C=O) groups excluding carboxylic acids is 3. The van der Waals surface area contributed by atoms with Crippen LogP contribution < -0.4 is 10.6 Å². The van der Waals surface area contributed by atoms with E-state index >= 15 is 0 Å². The third-order valence-electron chi connectivity index (χ3n) is 2.67. The maximum atomic E-state index is 12.7. The zero-order valence-corrected chi connectivity index (χ0v) is 12.5. The average Bonchev–Trinajstić information content (AvgIpc) is 2.45. The van der Waals surface area contributed by atoms with Gasteiger partial charge in [-0.2, -0.15) is 0 Å². The molecule has 0 fully saturated rings. The molecule has 0 saturated carbocycles. The van der Waals surface area contributed by atoms with Crippen LogP contribution in [-0.4, -0.2) is 31.1 Å². The van der Waals surface area contributed by atoms with Crippen LogP contribution in [-0.2, 0) is 9.53 Å². The number of rotatable bonds is 6. The molecule has 0 spiro atoms. The van der Waals surface area contributed by atoms with Gasteiger partial charge in [0.15, 0.2) is 6.61 Å². The Hall–Kier alpha value is -2.44. The number of ether oxygens (including phenoxy) is 1. The Kier molecular flexibility index (Phi) is 7.01. The molecule has 0 aliphatic carbocycles. The van der Waals surface area contributed by atoms with E-state index in [1.54, 1.807) is 0 Å². The van der Waals surface area contributed by atoms with Gasteiger partial charge >= 0.3 is 12.0 Å². The zero-order valence-electron chi connectivity index (χ0n) is 12.5. The van der Waals surface area contributed by atoms with Crippen molar-refractivity contribution in [1.82, 2.24) is 10.6 Å². The fourth-order valence-corrected chi connectivity index (χ4v) is 1.48. The number of esters is 1. The Labute approximate surface area is 128 Å². The van der Waals surface area contributed by atoms with Gasteiger partial charge in [0.25, 0.3) is 5.91 Å². The van der Waals surface area contributed by atoms with E-state index in [4.69, 9.17) is 4.74 Å². The van der Waals surface area contributed by atoms with Gasteiger partial charge in [0.1, 0.15) is 5.82 Å². The van der Waals surface area contributed by atoms with Crippen molar-refractivity contribution in [2.24, 2.45) is 5.92 Å². The lowest BCUT2D eigenvalue weighted by Gasteiger charge is -2.08. The fourth-order valence-electron chi connectivity index (χ4n) is 1.48. The van der Waals surface area contributed by atoms with Crippen LogP contribution in [0.3, 0.4) is 0 Å². The number of amides is 3. The van der Waals surface area contributed by atoms with Gasteiger partial charge < -0.3 is 10.1 Å². The number of hydrogen-bond donors (Lipinski definition) is 2. The molecule has 0 radical (unpaired) electrons. The molecule has 0 aliphatic rings. The molecule has 0 bridgehead atoms. The third-order valence-corrected chi connectivity index (χ3v) is 2.67. The largest absolute Gasteiger partial charge is 0.452 e. The summed E-state index contributed by atoms with van der Waals surface area (Å²) in [6.45, 7) is 3.89. The topological polar surface area (TPSA) is 84.5 Å². The highest BCUT2D eigenvalue weighted by Gasteiger charge is 2.12. The van der Waals surface area contributed by atoms with Gasteiger partial charge in [-0.15, -0.1) is 0 Å². The number of carbonyl (C=O) groups is 3. The molecular weight excluding hydrogens is 291 g/mol. The number of benzene rings is 1. The molecule has 0 atom stereocenters. The molecular formula is C15H19FN2O4. The highest BCUT2D eigenvalue weighted by molar-refractivity contribution is 5.96. The molecule has 7 heteroatoms. The molecule has 3 amide bonds. The second-order valence-electron chi connectivity index (χ2n) is 5.07. The van der Waals surface area contributed by atoms with E-state index in [2.05, 4.69) is 5.32 Å².